The van der Waals surface area contributed by atoms with E-state index >= 15 is 0 Å². The van der Waals surface area contributed by atoms with Crippen molar-refractivity contribution in [3.05, 3.63) is 45.4 Å². The third-order valence-electron chi connectivity index (χ3n) is 2.86. The van der Waals surface area contributed by atoms with Gasteiger partial charge in [0.1, 0.15) is 5.69 Å². The van der Waals surface area contributed by atoms with Gasteiger partial charge in [-0.15, -0.1) is 11.3 Å². The third-order valence-corrected chi connectivity index (χ3v) is 3.95. The first-order chi connectivity index (χ1) is 9.51. The number of nitrogens with zero attached hydrogens (tertiary/aromatic N) is 1. The summed E-state index contributed by atoms with van der Waals surface area (Å²) in [6, 6.07) is 4.77. The van der Waals surface area contributed by atoms with E-state index in [1.54, 1.807) is 6.07 Å². The average Bonchev–Trinajstić information content (AvgIpc) is 2.80. The number of aromatic carboxylic acids is 1. The van der Waals surface area contributed by atoms with Gasteiger partial charge in [0.15, 0.2) is 0 Å². The fourth-order valence-corrected chi connectivity index (χ4v) is 2.81. The molecule has 0 aromatic carbocycles. The van der Waals surface area contributed by atoms with Crippen LogP contribution in [0.15, 0.2) is 24.4 Å². The molecule has 0 spiro atoms. The van der Waals surface area contributed by atoms with Gasteiger partial charge in [-0.05, 0) is 37.1 Å². The zero-order valence-electron chi connectivity index (χ0n) is 11.1. The largest absolute Gasteiger partial charge is 0.477 e. The molecule has 0 unspecified atom stereocenters. The second kappa shape index (κ2) is 5.83. The summed E-state index contributed by atoms with van der Waals surface area (Å²) in [5.74, 6) is -1.36. The van der Waals surface area contributed by atoms with Crippen LogP contribution in [0.4, 0.5) is 5.69 Å². The predicted octanol–water partition coefficient (Wildman–Crippen LogP) is 2.96. The second-order valence-corrected chi connectivity index (χ2v) is 5.49. The monoisotopic (exact) mass is 290 g/mol. The molecule has 2 rings (SSSR count). The van der Waals surface area contributed by atoms with Crippen molar-refractivity contribution in [3.8, 4) is 0 Å². The fourth-order valence-electron chi connectivity index (χ4n) is 1.80. The van der Waals surface area contributed by atoms with Crippen molar-refractivity contribution in [2.24, 2.45) is 0 Å². The van der Waals surface area contributed by atoms with Crippen LogP contribution in [-0.4, -0.2) is 22.0 Å². The minimum atomic E-state index is -1.12. The first-order valence-electron chi connectivity index (χ1n) is 6.11. The van der Waals surface area contributed by atoms with E-state index in [-0.39, 0.29) is 11.6 Å². The highest BCUT2D eigenvalue weighted by Gasteiger charge is 2.13. The number of carboxylic acid groups (broad SMARTS) is 1. The van der Waals surface area contributed by atoms with Crippen LogP contribution < -0.4 is 5.32 Å². The lowest BCUT2D eigenvalue weighted by molar-refractivity contribution is 0.0690. The molecule has 0 radical (unpaired) electrons. The van der Waals surface area contributed by atoms with Crippen LogP contribution in [0, 0.1) is 6.92 Å². The summed E-state index contributed by atoms with van der Waals surface area (Å²) in [6.45, 7) is 4.02. The Morgan fingerprint density at radius 2 is 2.15 bits per heavy atom. The number of thiophene rings is 1. The summed E-state index contributed by atoms with van der Waals surface area (Å²) in [6.07, 6.45) is 2.24. The van der Waals surface area contributed by atoms with Gasteiger partial charge in [0.25, 0.3) is 5.91 Å². The third kappa shape index (κ3) is 3.03. The maximum absolute atomic E-state index is 12.1. The van der Waals surface area contributed by atoms with Crippen molar-refractivity contribution in [3.63, 3.8) is 0 Å². The van der Waals surface area contributed by atoms with Gasteiger partial charge in [0.05, 0.1) is 4.88 Å². The highest BCUT2D eigenvalue weighted by atomic mass is 32.1. The molecule has 2 aromatic heterocycles. The van der Waals surface area contributed by atoms with Gasteiger partial charge in [-0.1, -0.05) is 6.92 Å². The van der Waals surface area contributed by atoms with Gasteiger partial charge in [-0.25, -0.2) is 9.78 Å². The quantitative estimate of drug-likeness (QED) is 0.907. The van der Waals surface area contributed by atoms with E-state index in [2.05, 4.69) is 10.3 Å². The van der Waals surface area contributed by atoms with Crippen molar-refractivity contribution in [1.82, 2.24) is 4.98 Å². The Bertz CT molecular complexity index is 664. The Labute approximate surface area is 120 Å². The second-order valence-electron chi connectivity index (χ2n) is 4.23. The Morgan fingerprint density at radius 3 is 2.75 bits per heavy atom. The molecular formula is C14H14N2O3S. The van der Waals surface area contributed by atoms with Gasteiger partial charge in [-0.2, -0.15) is 0 Å². The maximum Gasteiger partial charge on any atom is 0.354 e. The molecule has 5 nitrogen and oxygen atoms in total. The topological polar surface area (TPSA) is 79.3 Å². The molecule has 20 heavy (non-hydrogen) atoms. The van der Waals surface area contributed by atoms with E-state index < -0.39 is 5.97 Å². The maximum atomic E-state index is 12.1. The SMILES string of the molecule is CCc1cc(C(=O)Nc2ccnc(C(=O)O)c2)sc1C. The van der Waals surface area contributed by atoms with Crippen LogP contribution in [0.5, 0.6) is 0 Å². The minimum Gasteiger partial charge on any atom is -0.477 e. The van der Waals surface area contributed by atoms with E-state index in [1.165, 1.54) is 23.6 Å². The minimum absolute atomic E-state index is 0.0978. The number of rotatable bonds is 4. The molecule has 0 aliphatic rings. The van der Waals surface area contributed by atoms with Crippen LogP contribution in [0.2, 0.25) is 0 Å². The molecule has 6 heteroatoms. The number of carbonyl (C=O) groups excluding carboxylic acids is 1. The molecule has 0 aliphatic carbocycles. The number of hydrogen-bond donors (Lipinski definition) is 2. The molecular weight excluding hydrogens is 276 g/mol. The van der Waals surface area contributed by atoms with Gasteiger partial charge >= 0.3 is 5.97 Å². The molecule has 0 atom stereocenters. The normalized spacial score (nSPS) is 10.3. The number of aromatic nitrogens is 1. The number of nitrogens with one attached hydrogen (secondary N) is 1. The van der Waals surface area contributed by atoms with Crippen LogP contribution >= 0.6 is 11.3 Å². The molecule has 2 heterocycles. The zero-order valence-corrected chi connectivity index (χ0v) is 12.0. The highest BCUT2D eigenvalue weighted by molar-refractivity contribution is 7.14. The number of amides is 1. The van der Waals surface area contributed by atoms with Gasteiger partial charge in [0.2, 0.25) is 0 Å². The standard InChI is InChI=1S/C14H14N2O3S/c1-3-9-6-12(20-8(9)2)13(17)16-10-4-5-15-11(7-10)14(18)19/h4-7H,3H2,1-2H3,(H,18,19)(H,15,16,17). The molecule has 2 aromatic rings. The Hall–Kier alpha value is -2.21. The molecule has 2 N–H and O–H groups in total. The number of hydrogen-bond acceptors (Lipinski definition) is 4. The molecule has 104 valence electrons. The number of aryl methyl sites for hydroxylation is 2. The van der Waals surface area contributed by atoms with E-state index in [4.69, 9.17) is 5.11 Å². The molecule has 0 aliphatic heterocycles. The molecule has 0 fully saturated rings. The Balaban J connectivity index is 2.18. The number of carbonyl (C=O) groups is 2. The van der Waals surface area contributed by atoms with Crippen LogP contribution in [0.1, 0.15) is 37.5 Å². The van der Waals surface area contributed by atoms with Crippen molar-refractivity contribution >= 4 is 28.9 Å². The first kappa shape index (κ1) is 14.2. The average molecular weight is 290 g/mol. The van der Waals surface area contributed by atoms with Crippen molar-refractivity contribution in [2.45, 2.75) is 20.3 Å². The van der Waals surface area contributed by atoms with E-state index in [1.807, 2.05) is 19.9 Å². The van der Waals surface area contributed by atoms with E-state index in [0.29, 0.717) is 10.6 Å². The van der Waals surface area contributed by atoms with E-state index in [0.717, 1.165) is 16.9 Å². The van der Waals surface area contributed by atoms with E-state index in [9.17, 15) is 9.59 Å². The summed E-state index contributed by atoms with van der Waals surface area (Å²) < 4.78 is 0. The summed E-state index contributed by atoms with van der Waals surface area (Å²) in [7, 11) is 0. The summed E-state index contributed by atoms with van der Waals surface area (Å²) in [4.78, 5) is 28.4. The Kier molecular flexibility index (Phi) is 4.14. The van der Waals surface area contributed by atoms with Crippen LogP contribution in [0.25, 0.3) is 0 Å². The molecule has 0 bridgehead atoms. The van der Waals surface area contributed by atoms with Gasteiger partial charge in [0, 0.05) is 16.8 Å². The fraction of sp³-hybridized carbons (Fsp3) is 0.214. The van der Waals surface area contributed by atoms with Gasteiger partial charge < -0.3 is 10.4 Å². The van der Waals surface area contributed by atoms with Gasteiger partial charge in [-0.3, -0.25) is 4.79 Å². The summed E-state index contributed by atoms with van der Waals surface area (Å²) in [5, 5.41) is 11.5. The van der Waals surface area contributed by atoms with Crippen LogP contribution in [0.3, 0.4) is 0 Å². The number of carboxylic acids is 1. The number of anilines is 1. The highest BCUT2D eigenvalue weighted by Crippen LogP contribution is 2.23. The van der Waals surface area contributed by atoms with Crippen molar-refractivity contribution < 1.29 is 14.7 Å². The zero-order chi connectivity index (χ0) is 14.7. The number of pyridine rings is 1. The predicted molar refractivity (Wildman–Crippen MR) is 77.6 cm³/mol. The molecule has 0 saturated carbocycles. The Morgan fingerprint density at radius 1 is 1.40 bits per heavy atom. The van der Waals surface area contributed by atoms with Crippen molar-refractivity contribution in [1.29, 1.82) is 0 Å². The smallest absolute Gasteiger partial charge is 0.354 e. The molecule has 1 amide bonds. The van der Waals surface area contributed by atoms with Crippen LogP contribution in [-0.2, 0) is 6.42 Å². The lowest BCUT2D eigenvalue weighted by Crippen LogP contribution is -2.11. The summed E-state index contributed by atoms with van der Waals surface area (Å²) >= 11 is 1.43. The first-order valence-corrected chi connectivity index (χ1v) is 6.93. The van der Waals surface area contributed by atoms with Crippen molar-refractivity contribution in [2.75, 3.05) is 5.32 Å². The lowest BCUT2D eigenvalue weighted by atomic mass is 10.2. The lowest BCUT2D eigenvalue weighted by Gasteiger charge is -2.03. The summed E-state index contributed by atoms with van der Waals surface area (Å²) in [5.41, 5.74) is 1.48. The molecule has 0 saturated heterocycles.